The number of nitrogens with zero attached hydrogens (tertiary/aromatic N) is 2. The largest absolute Gasteiger partial charge is 0.476 e. The molecule has 0 aliphatic heterocycles. The number of ether oxygens (including phenoxy) is 1. The molecule has 6 heteroatoms. The quantitative estimate of drug-likeness (QED) is 0.541. The SMILES string of the molecule is CONCCOc1cc([C@@H](C)NC2CC2)nn1C1CCCCC1. The molecular weight excluding hydrogens is 292 g/mol. The van der Waals surface area contributed by atoms with Crippen LogP contribution in [0.15, 0.2) is 6.07 Å². The summed E-state index contributed by atoms with van der Waals surface area (Å²) in [6.45, 7) is 3.44. The Morgan fingerprint density at radius 2 is 2.04 bits per heavy atom. The zero-order chi connectivity index (χ0) is 16.1. The van der Waals surface area contributed by atoms with Crippen LogP contribution in [0.4, 0.5) is 0 Å². The summed E-state index contributed by atoms with van der Waals surface area (Å²) < 4.78 is 8.11. The molecule has 0 amide bonds. The van der Waals surface area contributed by atoms with Crippen LogP contribution in [0.3, 0.4) is 0 Å². The summed E-state index contributed by atoms with van der Waals surface area (Å²) in [6.07, 6.45) is 8.93. The first-order chi connectivity index (χ1) is 11.3. The molecular formula is C17H30N4O2. The van der Waals surface area contributed by atoms with E-state index in [1.165, 1.54) is 44.9 Å². The number of rotatable bonds is 9. The van der Waals surface area contributed by atoms with E-state index in [4.69, 9.17) is 14.7 Å². The standard InChI is InChI=1S/C17H30N4O2/c1-13(19-14-8-9-14)16-12-17(23-11-10-18-22-2)21(20-16)15-6-4-3-5-7-15/h12-15,18-19H,3-11H2,1-2H3/t13-/m1/s1. The lowest BCUT2D eigenvalue weighted by Crippen LogP contribution is -2.22. The zero-order valence-electron chi connectivity index (χ0n) is 14.4. The molecule has 1 aromatic heterocycles. The van der Waals surface area contributed by atoms with E-state index in [1.807, 2.05) is 0 Å². The van der Waals surface area contributed by atoms with E-state index < -0.39 is 0 Å². The van der Waals surface area contributed by atoms with Gasteiger partial charge in [-0.15, -0.1) is 0 Å². The summed E-state index contributed by atoms with van der Waals surface area (Å²) >= 11 is 0. The maximum absolute atomic E-state index is 5.97. The van der Waals surface area contributed by atoms with E-state index in [9.17, 15) is 0 Å². The predicted octanol–water partition coefficient (Wildman–Crippen LogP) is 2.73. The van der Waals surface area contributed by atoms with Crippen molar-refractivity contribution < 1.29 is 9.57 Å². The van der Waals surface area contributed by atoms with Gasteiger partial charge in [-0.2, -0.15) is 10.6 Å². The molecule has 0 saturated heterocycles. The number of hydroxylamine groups is 1. The Morgan fingerprint density at radius 1 is 1.26 bits per heavy atom. The second-order valence-electron chi connectivity index (χ2n) is 6.75. The highest BCUT2D eigenvalue weighted by Crippen LogP contribution is 2.33. The summed E-state index contributed by atoms with van der Waals surface area (Å²) in [5.41, 5.74) is 3.91. The van der Waals surface area contributed by atoms with Crippen LogP contribution in [0.5, 0.6) is 5.88 Å². The van der Waals surface area contributed by atoms with Gasteiger partial charge in [0.15, 0.2) is 0 Å². The van der Waals surface area contributed by atoms with E-state index in [-0.39, 0.29) is 6.04 Å². The molecule has 1 atom stereocenters. The fourth-order valence-electron chi connectivity index (χ4n) is 3.29. The third-order valence-electron chi connectivity index (χ3n) is 4.75. The second-order valence-corrected chi connectivity index (χ2v) is 6.75. The van der Waals surface area contributed by atoms with E-state index in [1.54, 1.807) is 7.11 Å². The maximum atomic E-state index is 5.97. The summed E-state index contributed by atoms with van der Waals surface area (Å²) in [5.74, 6) is 0.897. The van der Waals surface area contributed by atoms with Gasteiger partial charge in [-0.1, -0.05) is 19.3 Å². The molecule has 2 N–H and O–H groups in total. The number of aromatic nitrogens is 2. The minimum absolute atomic E-state index is 0.284. The first-order valence-corrected chi connectivity index (χ1v) is 9.02. The molecule has 6 nitrogen and oxygen atoms in total. The van der Waals surface area contributed by atoms with Gasteiger partial charge >= 0.3 is 0 Å². The lowest BCUT2D eigenvalue weighted by atomic mass is 9.96. The Labute approximate surface area is 138 Å². The van der Waals surface area contributed by atoms with Crippen LogP contribution in [0, 0.1) is 0 Å². The molecule has 1 aromatic rings. The van der Waals surface area contributed by atoms with Crippen molar-refractivity contribution in [3.63, 3.8) is 0 Å². The van der Waals surface area contributed by atoms with Crippen molar-refractivity contribution in [2.75, 3.05) is 20.3 Å². The molecule has 3 rings (SSSR count). The van der Waals surface area contributed by atoms with Gasteiger partial charge in [0.05, 0.1) is 25.4 Å². The summed E-state index contributed by atoms with van der Waals surface area (Å²) in [5, 5.41) is 8.52. The van der Waals surface area contributed by atoms with Gasteiger partial charge in [-0.3, -0.25) is 0 Å². The van der Waals surface area contributed by atoms with Crippen molar-refractivity contribution in [3.05, 3.63) is 11.8 Å². The van der Waals surface area contributed by atoms with Crippen molar-refractivity contribution in [1.82, 2.24) is 20.6 Å². The average molecular weight is 322 g/mol. The van der Waals surface area contributed by atoms with Crippen molar-refractivity contribution in [2.45, 2.75) is 70.0 Å². The van der Waals surface area contributed by atoms with Gasteiger partial charge < -0.3 is 14.9 Å². The Kier molecular flexibility index (Phi) is 5.91. The van der Waals surface area contributed by atoms with E-state index >= 15 is 0 Å². The first kappa shape index (κ1) is 16.7. The summed E-state index contributed by atoms with van der Waals surface area (Å²) in [4.78, 5) is 4.86. The number of hydrogen-bond acceptors (Lipinski definition) is 5. The number of nitrogens with one attached hydrogen (secondary N) is 2. The van der Waals surface area contributed by atoms with Crippen LogP contribution < -0.4 is 15.5 Å². The van der Waals surface area contributed by atoms with E-state index in [2.05, 4.69) is 28.5 Å². The fourth-order valence-corrected chi connectivity index (χ4v) is 3.29. The highest BCUT2D eigenvalue weighted by molar-refractivity contribution is 5.20. The van der Waals surface area contributed by atoms with Crippen LogP contribution >= 0.6 is 0 Å². The molecule has 0 unspecified atom stereocenters. The predicted molar refractivity (Wildman–Crippen MR) is 89.4 cm³/mol. The van der Waals surface area contributed by atoms with Gasteiger partial charge in [-0.05, 0) is 32.6 Å². The molecule has 0 aromatic carbocycles. The zero-order valence-corrected chi connectivity index (χ0v) is 14.4. The number of hydrogen-bond donors (Lipinski definition) is 2. The van der Waals surface area contributed by atoms with Crippen molar-refractivity contribution in [1.29, 1.82) is 0 Å². The van der Waals surface area contributed by atoms with Crippen molar-refractivity contribution in [2.24, 2.45) is 0 Å². The smallest absolute Gasteiger partial charge is 0.212 e. The van der Waals surface area contributed by atoms with E-state index in [0.29, 0.717) is 25.2 Å². The third kappa shape index (κ3) is 4.68. The van der Waals surface area contributed by atoms with Gasteiger partial charge in [-0.25, -0.2) is 4.68 Å². The molecule has 2 aliphatic carbocycles. The first-order valence-electron chi connectivity index (χ1n) is 9.02. The lowest BCUT2D eigenvalue weighted by molar-refractivity contribution is 0.0790. The fraction of sp³-hybridized carbons (Fsp3) is 0.824. The molecule has 0 bridgehead atoms. The van der Waals surface area contributed by atoms with Gasteiger partial charge in [0, 0.05) is 18.2 Å². The highest BCUT2D eigenvalue weighted by Gasteiger charge is 2.26. The third-order valence-corrected chi connectivity index (χ3v) is 4.75. The van der Waals surface area contributed by atoms with Gasteiger partial charge in [0.1, 0.15) is 6.61 Å². The Bertz CT molecular complexity index is 481. The molecule has 2 aliphatic rings. The Balaban J connectivity index is 1.68. The van der Waals surface area contributed by atoms with Crippen LogP contribution in [-0.2, 0) is 4.84 Å². The molecule has 0 radical (unpaired) electrons. The molecule has 2 saturated carbocycles. The van der Waals surface area contributed by atoms with Gasteiger partial charge in [0.2, 0.25) is 5.88 Å². The van der Waals surface area contributed by atoms with Crippen molar-refractivity contribution in [3.8, 4) is 5.88 Å². The summed E-state index contributed by atoms with van der Waals surface area (Å²) in [6, 6.07) is 3.56. The van der Waals surface area contributed by atoms with Gasteiger partial charge in [0.25, 0.3) is 0 Å². The minimum Gasteiger partial charge on any atom is -0.476 e. The van der Waals surface area contributed by atoms with Crippen LogP contribution in [0.25, 0.3) is 0 Å². The van der Waals surface area contributed by atoms with Crippen LogP contribution in [0.1, 0.15) is 69.6 Å². The molecule has 23 heavy (non-hydrogen) atoms. The molecule has 0 spiro atoms. The monoisotopic (exact) mass is 322 g/mol. The van der Waals surface area contributed by atoms with Crippen LogP contribution in [0.2, 0.25) is 0 Å². The normalized spacial score (nSPS) is 20.6. The second kappa shape index (κ2) is 8.13. The molecule has 1 heterocycles. The Hall–Kier alpha value is -1.11. The molecule has 130 valence electrons. The summed E-state index contributed by atoms with van der Waals surface area (Å²) in [7, 11) is 1.62. The van der Waals surface area contributed by atoms with Crippen LogP contribution in [-0.4, -0.2) is 36.1 Å². The molecule has 2 fully saturated rings. The lowest BCUT2D eigenvalue weighted by Gasteiger charge is -2.23. The highest BCUT2D eigenvalue weighted by atomic mass is 16.6. The topological polar surface area (TPSA) is 60.3 Å². The Morgan fingerprint density at radius 3 is 2.74 bits per heavy atom. The maximum Gasteiger partial charge on any atom is 0.212 e. The van der Waals surface area contributed by atoms with E-state index in [0.717, 1.165) is 11.6 Å². The minimum atomic E-state index is 0.284. The van der Waals surface area contributed by atoms with Crippen molar-refractivity contribution >= 4 is 0 Å². The average Bonchev–Trinajstić information content (AvgIpc) is 3.28.